The van der Waals surface area contributed by atoms with Crippen molar-refractivity contribution in [3.05, 3.63) is 81.2 Å². The van der Waals surface area contributed by atoms with Crippen molar-refractivity contribution in [3.8, 4) is 0 Å². The summed E-state index contributed by atoms with van der Waals surface area (Å²) in [6, 6.07) is 14.2. The molecule has 0 saturated heterocycles. The average molecular weight is 436 g/mol. The fourth-order valence-electron chi connectivity index (χ4n) is 3.08. The Morgan fingerprint density at radius 2 is 1.86 bits per heavy atom. The molecule has 2 aromatic carbocycles. The largest absolute Gasteiger partial charge is 0.336 e. The third kappa shape index (κ3) is 5.00. The normalized spacial score (nSPS) is 15.9. The van der Waals surface area contributed by atoms with Crippen LogP contribution >= 0.6 is 23.4 Å². The van der Waals surface area contributed by atoms with Gasteiger partial charge in [-0.1, -0.05) is 59.8 Å². The quantitative estimate of drug-likeness (QED) is 0.438. The molecule has 7 heteroatoms. The zero-order valence-electron chi connectivity index (χ0n) is 15.5. The van der Waals surface area contributed by atoms with Crippen molar-refractivity contribution in [3.63, 3.8) is 0 Å². The number of hydrogen-bond acceptors (Lipinski definition) is 4. The summed E-state index contributed by atoms with van der Waals surface area (Å²) in [4.78, 5) is 2.20. The lowest BCUT2D eigenvalue weighted by molar-refractivity contribution is 0.483. The molecule has 1 heterocycles. The van der Waals surface area contributed by atoms with Crippen molar-refractivity contribution in [2.75, 3.05) is 6.54 Å². The van der Waals surface area contributed by atoms with E-state index >= 15 is 0 Å². The summed E-state index contributed by atoms with van der Waals surface area (Å²) in [6.45, 7) is 2.99. The van der Waals surface area contributed by atoms with E-state index in [0.717, 1.165) is 47.7 Å². The molecule has 0 aliphatic carbocycles. The van der Waals surface area contributed by atoms with Crippen LogP contribution in [0.25, 0.3) is 5.70 Å². The summed E-state index contributed by atoms with van der Waals surface area (Å²) >= 11 is 8.07. The SMILES string of the molecule is CCN1C(c2ccccc2Cl)=CS/C1=C/CCCc1ccc(S(=O)(=O)O)cc1. The lowest BCUT2D eigenvalue weighted by Gasteiger charge is -2.22. The fourth-order valence-corrected chi connectivity index (χ4v) is 4.85. The first kappa shape index (κ1) is 21.0. The van der Waals surface area contributed by atoms with Crippen molar-refractivity contribution in [2.24, 2.45) is 0 Å². The zero-order valence-corrected chi connectivity index (χ0v) is 17.9. The molecule has 0 amide bonds. The van der Waals surface area contributed by atoms with E-state index < -0.39 is 10.1 Å². The highest BCUT2D eigenvalue weighted by atomic mass is 35.5. The van der Waals surface area contributed by atoms with Crippen molar-refractivity contribution in [2.45, 2.75) is 31.1 Å². The first-order chi connectivity index (χ1) is 13.4. The summed E-state index contributed by atoms with van der Waals surface area (Å²) in [6.07, 6.45) is 4.95. The van der Waals surface area contributed by atoms with E-state index in [2.05, 4.69) is 23.3 Å². The summed E-state index contributed by atoms with van der Waals surface area (Å²) in [5.41, 5.74) is 3.22. The predicted molar refractivity (Wildman–Crippen MR) is 117 cm³/mol. The Kier molecular flexibility index (Phi) is 6.88. The van der Waals surface area contributed by atoms with Gasteiger partial charge in [-0.2, -0.15) is 8.42 Å². The highest BCUT2D eigenvalue weighted by molar-refractivity contribution is 8.06. The van der Waals surface area contributed by atoms with Gasteiger partial charge >= 0.3 is 0 Å². The number of thioether (sulfide) groups is 1. The van der Waals surface area contributed by atoms with Crippen LogP contribution < -0.4 is 0 Å². The summed E-state index contributed by atoms with van der Waals surface area (Å²) in [5, 5.41) is 4.10. The van der Waals surface area contributed by atoms with E-state index in [1.165, 1.54) is 17.2 Å². The number of benzene rings is 2. The molecule has 0 atom stereocenters. The minimum Gasteiger partial charge on any atom is -0.336 e. The summed E-state index contributed by atoms with van der Waals surface area (Å²) < 4.78 is 31.2. The van der Waals surface area contributed by atoms with Gasteiger partial charge in [0.15, 0.2) is 0 Å². The first-order valence-corrected chi connectivity index (χ1v) is 11.8. The monoisotopic (exact) mass is 435 g/mol. The van der Waals surface area contributed by atoms with Gasteiger partial charge in [-0.3, -0.25) is 4.55 Å². The van der Waals surface area contributed by atoms with Gasteiger partial charge in [0.2, 0.25) is 0 Å². The maximum Gasteiger partial charge on any atom is 0.294 e. The molecule has 4 nitrogen and oxygen atoms in total. The van der Waals surface area contributed by atoms with E-state index in [9.17, 15) is 8.42 Å². The second kappa shape index (κ2) is 9.18. The molecule has 1 aliphatic rings. The zero-order chi connectivity index (χ0) is 20.1. The molecule has 0 unspecified atom stereocenters. The van der Waals surface area contributed by atoms with Crippen LogP contribution in [0.4, 0.5) is 0 Å². The molecule has 0 saturated carbocycles. The molecule has 0 radical (unpaired) electrons. The second-order valence-corrected chi connectivity index (χ2v) is 9.12. The van der Waals surface area contributed by atoms with Crippen molar-refractivity contribution in [1.82, 2.24) is 4.90 Å². The Bertz CT molecular complexity index is 999. The Labute approximate surface area is 175 Å². The maximum atomic E-state index is 11.1. The van der Waals surface area contributed by atoms with E-state index in [0.29, 0.717) is 0 Å². The second-order valence-electron chi connectivity index (χ2n) is 6.40. The smallest absolute Gasteiger partial charge is 0.294 e. The standard InChI is InChI=1S/C21H22ClNO3S2/c1-2-23-20(18-8-4-5-9-19(18)22)15-27-21(23)10-6-3-7-16-11-13-17(14-12-16)28(24,25)26/h4-5,8-15H,2-3,6-7H2,1H3,(H,24,25,26)/b21-10+. The Hall–Kier alpha value is -1.73. The number of hydrogen-bond donors (Lipinski definition) is 1. The lowest BCUT2D eigenvalue weighted by atomic mass is 10.1. The van der Waals surface area contributed by atoms with E-state index in [1.54, 1.807) is 23.9 Å². The molecular formula is C21H22ClNO3S2. The molecule has 3 rings (SSSR count). The molecule has 0 bridgehead atoms. The van der Waals surface area contributed by atoms with Gasteiger partial charge in [-0.15, -0.1) is 0 Å². The van der Waals surface area contributed by atoms with Crippen molar-refractivity contribution in [1.29, 1.82) is 0 Å². The molecule has 148 valence electrons. The maximum absolute atomic E-state index is 11.1. The number of rotatable bonds is 7. The van der Waals surface area contributed by atoms with Gasteiger partial charge in [0, 0.05) is 22.5 Å². The number of allylic oxidation sites excluding steroid dienone is 1. The van der Waals surface area contributed by atoms with Crippen molar-refractivity contribution < 1.29 is 13.0 Å². The predicted octanol–water partition coefficient (Wildman–Crippen LogP) is 5.82. The minimum absolute atomic E-state index is 0.0718. The topological polar surface area (TPSA) is 57.6 Å². The molecule has 0 fully saturated rings. The van der Waals surface area contributed by atoms with Crippen LogP contribution in [-0.4, -0.2) is 24.4 Å². The van der Waals surface area contributed by atoms with E-state index in [4.69, 9.17) is 16.2 Å². The van der Waals surface area contributed by atoms with Gasteiger partial charge in [0.1, 0.15) is 0 Å². The molecule has 0 spiro atoms. The molecule has 1 aliphatic heterocycles. The van der Waals surface area contributed by atoms with Crippen LogP contribution in [0.3, 0.4) is 0 Å². The molecule has 0 aromatic heterocycles. The number of aryl methyl sites for hydroxylation is 1. The van der Waals surface area contributed by atoms with Crippen LogP contribution in [0.5, 0.6) is 0 Å². The van der Waals surface area contributed by atoms with Gasteiger partial charge in [-0.25, -0.2) is 0 Å². The fraction of sp³-hybridized carbons (Fsp3) is 0.238. The van der Waals surface area contributed by atoms with Crippen LogP contribution in [0.2, 0.25) is 5.02 Å². The van der Waals surface area contributed by atoms with Gasteiger partial charge in [0.25, 0.3) is 10.1 Å². The third-order valence-electron chi connectivity index (χ3n) is 4.52. The van der Waals surface area contributed by atoms with Crippen molar-refractivity contribution >= 4 is 39.2 Å². The minimum atomic E-state index is -4.13. The summed E-state index contributed by atoms with van der Waals surface area (Å²) in [5.74, 6) is 0. The van der Waals surface area contributed by atoms with Gasteiger partial charge < -0.3 is 4.90 Å². The van der Waals surface area contributed by atoms with Crippen LogP contribution in [0.1, 0.15) is 30.9 Å². The highest BCUT2D eigenvalue weighted by Gasteiger charge is 2.22. The van der Waals surface area contributed by atoms with Crippen LogP contribution in [-0.2, 0) is 16.5 Å². The number of halogens is 1. The Morgan fingerprint density at radius 3 is 2.50 bits per heavy atom. The Balaban J connectivity index is 1.59. The number of unbranched alkanes of at least 4 members (excludes halogenated alkanes) is 1. The molecule has 2 aromatic rings. The highest BCUT2D eigenvalue weighted by Crippen LogP contribution is 2.41. The third-order valence-corrected chi connectivity index (χ3v) is 6.69. The van der Waals surface area contributed by atoms with Gasteiger partial charge in [0.05, 0.1) is 15.6 Å². The lowest BCUT2D eigenvalue weighted by Crippen LogP contribution is -2.16. The van der Waals surface area contributed by atoms with Crippen LogP contribution in [0.15, 0.2) is 69.9 Å². The first-order valence-electron chi connectivity index (χ1n) is 9.06. The van der Waals surface area contributed by atoms with E-state index in [-0.39, 0.29) is 4.90 Å². The number of nitrogens with zero attached hydrogens (tertiary/aromatic N) is 1. The summed E-state index contributed by atoms with van der Waals surface area (Å²) in [7, 11) is -4.13. The van der Waals surface area contributed by atoms with Gasteiger partial charge in [-0.05, 0) is 49.9 Å². The molecule has 28 heavy (non-hydrogen) atoms. The van der Waals surface area contributed by atoms with E-state index in [1.807, 2.05) is 24.3 Å². The Morgan fingerprint density at radius 1 is 1.14 bits per heavy atom. The van der Waals surface area contributed by atoms with Crippen LogP contribution in [0, 0.1) is 0 Å². The average Bonchev–Trinajstić information content (AvgIpc) is 3.08. The molecule has 1 N–H and O–H groups in total. The molecular weight excluding hydrogens is 414 g/mol.